The van der Waals surface area contributed by atoms with Crippen LogP contribution in [0.15, 0.2) is 18.2 Å². The topological polar surface area (TPSA) is 50.4 Å². The fraction of sp³-hybridized carbons (Fsp3) is 0.611. The third-order valence-corrected chi connectivity index (χ3v) is 4.80. The van der Waals surface area contributed by atoms with E-state index in [1.807, 2.05) is 6.92 Å². The molecule has 0 radical (unpaired) electrons. The number of benzene rings is 1. The first-order valence-corrected chi connectivity index (χ1v) is 8.58. The Morgan fingerprint density at radius 2 is 2.09 bits per heavy atom. The van der Waals surface area contributed by atoms with E-state index in [-0.39, 0.29) is 23.9 Å². The Morgan fingerprint density at radius 1 is 1.30 bits per heavy atom. The van der Waals surface area contributed by atoms with Gasteiger partial charge in [0.15, 0.2) is 0 Å². The molecule has 1 aromatic carbocycles. The molecule has 1 saturated heterocycles. The second-order valence-corrected chi connectivity index (χ2v) is 6.69. The van der Waals surface area contributed by atoms with Crippen molar-refractivity contribution in [3.8, 4) is 5.75 Å². The van der Waals surface area contributed by atoms with E-state index in [1.165, 1.54) is 31.4 Å². The molecule has 1 heterocycles. The summed E-state index contributed by atoms with van der Waals surface area (Å²) in [6, 6.07) is 4.65. The van der Waals surface area contributed by atoms with Crippen molar-refractivity contribution in [2.75, 3.05) is 6.54 Å². The van der Waals surface area contributed by atoms with Gasteiger partial charge in [0.1, 0.15) is 17.7 Å². The van der Waals surface area contributed by atoms with Gasteiger partial charge in [0.05, 0.1) is 6.04 Å². The molecule has 126 valence electrons. The minimum Gasteiger partial charge on any atom is -0.489 e. The molecule has 2 fully saturated rings. The maximum absolute atomic E-state index is 13.3. The highest BCUT2D eigenvalue weighted by molar-refractivity contribution is 5.82. The van der Waals surface area contributed by atoms with Crippen LogP contribution in [0.3, 0.4) is 0 Å². The third kappa shape index (κ3) is 4.22. The molecule has 2 atom stereocenters. The predicted molar refractivity (Wildman–Crippen MR) is 87.0 cm³/mol. The summed E-state index contributed by atoms with van der Waals surface area (Å²) >= 11 is 0. The lowest BCUT2D eigenvalue weighted by atomic mass is 9.95. The molecule has 2 aliphatic rings. The molecule has 2 N–H and O–H groups in total. The van der Waals surface area contributed by atoms with Crippen LogP contribution >= 0.6 is 0 Å². The number of carbonyl (C=O) groups excluding carboxylic acids is 1. The van der Waals surface area contributed by atoms with E-state index in [0.29, 0.717) is 24.8 Å². The lowest BCUT2D eigenvalue weighted by molar-refractivity contribution is -0.123. The first-order valence-electron chi connectivity index (χ1n) is 8.58. The number of hydrogen-bond acceptors (Lipinski definition) is 3. The van der Waals surface area contributed by atoms with Gasteiger partial charge in [-0.25, -0.2) is 4.39 Å². The number of carbonyl (C=O) groups is 1. The van der Waals surface area contributed by atoms with Gasteiger partial charge in [-0.1, -0.05) is 25.3 Å². The first-order chi connectivity index (χ1) is 11.1. The Kier molecular flexibility index (Phi) is 5.16. The SMILES string of the molecule is Cc1ccc(F)cc1O[C@@H]1CN[C@H](C(=O)NC2CCCCC2)C1. The lowest BCUT2D eigenvalue weighted by Crippen LogP contribution is -2.45. The lowest BCUT2D eigenvalue weighted by Gasteiger charge is -2.24. The molecule has 4 nitrogen and oxygen atoms in total. The standard InChI is InChI=1S/C18H25FN2O2/c1-12-7-8-13(19)9-17(12)23-15-10-16(20-11-15)18(22)21-14-5-3-2-4-6-14/h7-9,14-16,20H,2-6,10-11H2,1H3,(H,21,22)/t15-,16-/m0/s1. The quantitative estimate of drug-likeness (QED) is 0.897. The minimum atomic E-state index is -0.303. The average Bonchev–Trinajstić information content (AvgIpc) is 3.01. The van der Waals surface area contributed by atoms with Crippen molar-refractivity contribution in [1.29, 1.82) is 0 Å². The Labute approximate surface area is 136 Å². The van der Waals surface area contributed by atoms with E-state index in [4.69, 9.17) is 4.74 Å². The first kappa shape index (κ1) is 16.2. The highest BCUT2D eigenvalue weighted by Crippen LogP contribution is 2.23. The van der Waals surface area contributed by atoms with Crippen molar-refractivity contribution in [2.24, 2.45) is 0 Å². The molecular weight excluding hydrogens is 295 g/mol. The van der Waals surface area contributed by atoms with Crippen LogP contribution in [0.25, 0.3) is 0 Å². The zero-order valence-electron chi connectivity index (χ0n) is 13.6. The van der Waals surface area contributed by atoms with E-state index in [1.54, 1.807) is 6.07 Å². The van der Waals surface area contributed by atoms with Crippen LogP contribution in [0.5, 0.6) is 5.75 Å². The number of halogens is 1. The monoisotopic (exact) mass is 320 g/mol. The number of ether oxygens (including phenoxy) is 1. The number of nitrogens with one attached hydrogen (secondary N) is 2. The highest BCUT2D eigenvalue weighted by Gasteiger charge is 2.32. The summed E-state index contributed by atoms with van der Waals surface area (Å²) in [5.41, 5.74) is 0.904. The highest BCUT2D eigenvalue weighted by atomic mass is 19.1. The molecule has 0 bridgehead atoms. The number of hydrogen-bond donors (Lipinski definition) is 2. The molecule has 0 spiro atoms. The van der Waals surface area contributed by atoms with Crippen molar-refractivity contribution in [1.82, 2.24) is 10.6 Å². The maximum atomic E-state index is 13.3. The maximum Gasteiger partial charge on any atom is 0.237 e. The Balaban J connectivity index is 1.51. The van der Waals surface area contributed by atoms with Crippen LogP contribution < -0.4 is 15.4 Å². The third-order valence-electron chi connectivity index (χ3n) is 4.80. The summed E-state index contributed by atoms with van der Waals surface area (Å²) in [5, 5.41) is 6.37. The molecule has 0 unspecified atom stereocenters. The molecule has 1 aromatic rings. The largest absolute Gasteiger partial charge is 0.489 e. The molecule has 1 saturated carbocycles. The summed E-state index contributed by atoms with van der Waals surface area (Å²) in [5.74, 6) is 0.326. The van der Waals surface area contributed by atoms with Crippen molar-refractivity contribution < 1.29 is 13.9 Å². The molecule has 1 amide bonds. The number of amides is 1. The van der Waals surface area contributed by atoms with Gasteiger partial charge in [-0.2, -0.15) is 0 Å². The van der Waals surface area contributed by atoms with Crippen LogP contribution in [-0.2, 0) is 4.79 Å². The normalized spacial score (nSPS) is 25.3. The van der Waals surface area contributed by atoms with Gasteiger partial charge in [-0.3, -0.25) is 4.79 Å². The van der Waals surface area contributed by atoms with Crippen molar-refractivity contribution >= 4 is 5.91 Å². The van der Waals surface area contributed by atoms with Crippen LogP contribution in [0.1, 0.15) is 44.1 Å². The van der Waals surface area contributed by atoms with Crippen LogP contribution in [0.4, 0.5) is 4.39 Å². The van der Waals surface area contributed by atoms with E-state index >= 15 is 0 Å². The van der Waals surface area contributed by atoms with Gasteiger partial charge in [-0.05, 0) is 31.4 Å². The van der Waals surface area contributed by atoms with Crippen molar-refractivity contribution in [3.63, 3.8) is 0 Å². The van der Waals surface area contributed by atoms with Gasteiger partial charge in [0.2, 0.25) is 5.91 Å². The molecule has 23 heavy (non-hydrogen) atoms. The Hall–Kier alpha value is -1.62. The predicted octanol–water partition coefficient (Wildman–Crippen LogP) is 2.69. The van der Waals surface area contributed by atoms with Crippen LogP contribution in [-0.4, -0.2) is 30.6 Å². The molecule has 0 aromatic heterocycles. The molecule has 3 rings (SSSR count). The molecule has 5 heteroatoms. The van der Waals surface area contributed by atoms with Gasteiger partial charge in [0, 0.05) is 25.1 Å². The van der Waals surface area contributed by atoms with E-state index in [0.717, 1.165) is 18.4 Å². The number of rotatable bonds is 4. The molecular formula is C18H25FN2O2. The Morgan fingerprint density at radius 3 is 2.87 bits per heavy atom. The van der Waals surface area contributed by atoms with Gasteiger partial charge < -0.3 is 15.4 Å². The second-order valence-electron chi connectivity index (χ2n) is 6.69. The van der Waals surface area contributed by atoms with Gasteiger partial charge in [-0.15, -0.1) is 0 Å². The van der Waals surface area contributed by atoms with E-state index < -0.39 is 0 Å². The summed E-state index contributed by atoms with van der Waals surface area (Å²) in [6.07, 6.45) is 6.37. The summed E-state index contributed by atoms with van der Waals surface area (Å²) in [7, 11) is 0. The number of aryl methyl sites for hydroxylation is 1. The van der Waals surface area contributed by atoms with Gasteiger partial charge >= 0.3 is 0 Å². The summed E-state index contributed by atoms with van der Waals surface area (Å²) in [6.45, 7) is 2.50. The smallest absolute Gasteiger partial charge is 0.237 e. The van der Waals surface area contributed by atoms with E-state index in [9.17, 15) is 9.18 Å². The van der Waals surface area contributed by atoms with Crippen LogP contribution in [0.2, 0.25) is 0 Å². The van der Waals surface area contributed by atoms with Crippen LogP contribution in [0, 0.1) is 12.7 Å². The second kappa shape index (κ2) is 7.30. The van der Waals surface area contributed by atoms with E-state index in [2.05, 4.69) is 10.6 Å². The summed E-state index contributed by atoms with van der Waals surface area (Å²) < 4.78 is 19.2. The zero-order valence-corrected chi connectivity index (χ0v) is 13.6. The Bertz CT molecular complexity index is 558. The fourth-order valence-corrected chi connectivity index (χ4v) is 3.42. The van der Waals surface area contributed by atoms with Crippen molar-refractivity contribution in [2.45, 2.75) is 63.6 Å². The molecule has 1 aliphatic carbocycles. The zero-order chi connectivity index (χ0) is 16.2. The van der Waals surface area contributed by atoms with Crippen molar-refractivity contribution in [3.05, 3.63) is 29.6 Å². The fourth-order valence-electron chi connectivity index (χ4n) is 3.42. The minimum absolute atomic E-state index is 0.0685. The summed E-state index contributed by atoms with van der Waals surface area (Å²) in [4.78, 5) is 12.3. The molecule has 1 aliphatic heterocycles. The average molecular weight is 320 g/mol. The van der Waals surface area contributed by atoms with Gasteiger partial charge in [0.25, 0.3) is 0 Å².